The predicted octanol–water partition coefficient (Wildman–Crippen LogP) is 1.30. The zero-order valence-electron chi connectivity index (χ0n) is 9.93. The fraction of sp³-hybridized carbons (Fsp3) is 0. The maximum Gasteiger partial charge on any atom is 0.272 e. The van der Waals surface area contributed by atoms with Crippen molar-refractivity contribution in [3.05, 3.63) is 42.1 Å². The molecule has 3 aromatic rings. The van der Waals surface area contributed by atoms with Crippen molar-refractivity contribution in [2.75, 3.05) is 5.73 Å². The summed E-state index contributed by atoms with van der Waals surface area (Å²) in [4.78, 5) is 11.6. The van der Waals surface area contributed by atoms with Gasteiger partial charge in [0.15, 0.2) is 10.8 Å². The third-order valence-corrected chi connectivity index (χ3v) is 4.70. The largest absolute Gasteiger partial charge is 0.398 e. The molecule has 2 N–H and O–H groups in total. The van der Waals surface area contributed by atoms with Crippen LogP contribution in [0.25, 0.3) is 11.2 Å². The summed E-state index contributed by atoms with van der Waals surface area (Å²) in [7, 11) is -3.89. The van der Waals surface area contributed by atoms with E-state index in [1.807, 2.05) is 0 Å². The Kier molecular flexibility index (Phi) is 2.84. The van der Waals surface area contributed by atoms with Gasteiger partial charge in [-0.25, -0.2) is 27.3 Å². The topological polar surface area (TPSA) is 104 Å². The molecule has 102 valence electrons. The quantitative estimate of drug-likeness (QED) is 0.565. The lowest BCUT2D eigenvalue weighted by molar-refractivity contribution is 0.589. The number of hydrogen-bond donors (Lipinski definition) is 1. The lowest BCUT2D eigenvalue weighted by Crippen LogP contribution is -2.14. The van der Waals surface area contributed by atoms with Gasteiger partial charge in [0, 0.05) is 0 Å². The summed E-state index contributed by atoms with van der Waals surface area (Å²) < 4.78 is 26.1. The maximum atomic E-state index is 12.6. The maximum absolute atomic E-state index is 12.6. The molecule has 0 spiro atoms. The van der Waals surface area contributed by atoms with Gasteiger partial charge >= 0.3 is 0 Å². The lowest BCUT2D eigenvalue weighted by Gasteiger charge is -2.08. The summed E-state index contributed by atoms with van der Waals surface area (Å²) in [6.07, 6.45) is 2.31. The molecule has 0 bridgehead atoms. The van der Waals surface area contributed by atoms with Crippen LogP contribution in [0.4, 0.5) is 5.69 Å². The van der Waals surface area contributed by atoms with Gasteiger partial charge in [-0.15, -0.1) is 0 Å². The molecule has 20 heavy (non-hydrogen) atoms. The third-order valence-electron chi connectivity index (χ3n) is 2.71. The molecule has 0 unspecified atom stereocenters. The number of imidazole rings is 1. The molecule has 0 saturated carbocycles. The van der Waals surface area contributed by atoms with Crippen LogP contribution in [0.2, 0.25) is 5.15 Å². The molecule has 0 aliphatic carbocycles. The van der Waals surface area contributed by atoms with Crippen molar-refractivity contribution < 1.29 is 8.42 Å². The molecule has 2 aromatic heterocycles. The van der Waals surface area contributed by atoms with E-state index in [1.54, 1.807) is 12.1 Å². The van der Waals surface area contributed by atoms with Crippen LogP contribution in [0.5, 0.6) is 0 Å². The molecule has 0 aliphatic heterocycles. The minimum Gasteiger partial charge on any atom is -0.398 e. The van der Waals surface area contributed by atoms with Gasteiger partial charge in [-0.1, -0.05) is 23.7 Å². The summed E-state index contributed by atoms with van der Waals surface area (Å²) in [6, 6.07) is 6.16. The SMILES string of the molecule is Nc1ccccc1S(=O)(=O)n1cnc2c(Cl)ncnc21. The average Bonchev–Trinajstić information content (AvgIpc) is 2.85. The number of benzene rings is 1. The standard InChI is InChI=1S/C11H8ClN5O2S/c12-10-9-11(15-5-14-10)17(6-16-9)20(18,19)8-4-2-1-3-7(8)13/h1-6H,13H2. The summed E-state index contributed by atoms with van der Waals surface area (Å²) in [5, 5.41) is 0.0879. The van der Waals surface area contributed by atoms with Gasteiger partial charge in [0.05, 0.1) is 5.69 Å². The van der Waals surface area contributed by atoms with Crippen molar-refractivity contribution in [2.45, 2.75) is 4.90 Å². The number of halogens is 1. The Balaban J connectivity index is 2.31. The summed E-state index contributed by atoms with van der Waals surface area (Å²) >= 11 is 5.85. The van der Waals surface area contributed by atoms with E-state index in [9.17, 15) is 8.42 Å². The molecule has 7 nitrogen and oxygen atoms in total. The Morgan fingerprint density at radius 3 is 2.65 bits per heavy atom. The first-order valence-electron chi connectivity index (χ1n) is 5.45. The van der Waals surface area contributed by atoms with Crippen LogP contribution in [-0.2, 0) is 10.0 Å². The first-order chi connectivity index (χ1) is 9.51. The molecule has 9 heteroatoms. The van der Waals surface area contributed by atoms with Gasteiger partial charge in [-0.05, 0) is 12.1 Å². The van der Waals surface area contributed by atoms with Gasteiger partial charge < -0.3 is 5.73 Å². The number of hydrogen-bond acceptors (Lipinski definition) is 6. The Morgan fingerprint density at radius 1 is 1.15 bits per heavy atom. The van der Waals surface area contributed by atoms with Crippen molar-refractivity contribution in [3.63, 3.8) is 0 Å². The first-order valence-corrected chi connectivity index (χ1v) is 7.27. The minimum absolute atomic E-state index is 0.0194. The second kappa shape index (κ2) is 4.43. The summed E-state index contributed by atoms with van der Waals surface area (Å²) in [5.41, 5.74) is 6.18. The second-order valence-electron chi connectivity index (χ2n) is 3.92. The molecule has 2 heterocycles. The number of fused-ring (bicyclic) bond motifs is 1. The van der Waals surface area contributed by atoms with Crippen molar-refractivity contribution in [2.24, 2.45) is 0 Å². The number of rotatable bonds is 2. The zero-order chi connectivity index (χ0) is 14.3. The van der Waals surface area contributed by atoms with Crippen molar-refractivity contribution in [1.82, 2.24) is 18.9 Å². The van der Waals surface area contributed by atoms with Crippen LogP contribution < -0.4 is 5.73 Å². The molecule has 1 aromatic carbocycles. The van der Waals surface area contributed by atoms with E-state index in [4.69, 9.17) is 17.3 Å². The van der Waals surface area contributed by atoms with Crippen LogP contribution in [0.15, 0.2) is 41.8 Å². The monoisotopic (exact) mass is 309 g/mol. The highest BCUT2D eigenvalue weighted by atomic mass is 35.5. The smallest absolute Gasteiger partial charge is 0.272 e. The molecular weight excluding hydrogens is 302 g/mol. The van der Waals surface area contributed by atoms with E-state index in [1.165, 1.54) is 18.5 Å². The Labute approximate surface area is 119 Å². The van der Waals surface area contributed by atoms with Crippen LogP contribution in [-0.4, -0.2) is 27.3 Å². The van der Waals surface area contributed by atoms with Gasteiger partial charge in [0.2, 0.25) is 0 Å². The molecule has 0 amide bonds. The van der Waals surface area contributed by atoms with Gasteiger partial charge in [-0.2, -0.15) is 0 Å². The number of aromatic nitrogens is 4. The highest BCUT2D eigenvalue weighted by molar-refractivity contribution is 7.90. The number of anilines is 1. The van der Waals surface area contributed by atoms with Crippen LogP contribution in [0, 0.1) is 0 Å². The summed E-state index contributed by atoms with van der Waals surface area (Å²) in [5.74, 6) is 0. The number of nitrogens with two attached hydrogens (primary N) is 1. The number of nitrogen functional groups attached to an aromatic ring is 1. The molecule has 3 rings (SSSR count). The van der Waals surface area contributed by atoms with Crippen LogP contribution in [0.3, 0.4) is 0 Å². The van der Waals surface area contributed by atoms with Gasteiger partial charge in [-0.3, -0.25) is 0 Å². The van der Waals surface area contributed by atoms with E-state index in [2.05, 4.69) is 15.0 Å². The van der Waals surface area contributed by atoms with E-state index in [0.717, 1.165) is 10.3 Å². The Hall–Kier alpha value is -2.19. The van der Waals surface area contributed by atoms with Crippen molar-refractivity contribution in [3.8, 4) is 0 Å². The number of nitrogens with zero attached hydrogens (tertiary/aromatic N) is 4. The third kappa shape index (κ3) is 1.81. The normalized spacial score (nSPS) is 11.8. The van der Waals surface area contributed by atoms with Gasteiger partial charge in [0.25, 0.3) is 10.0 Å². The zero-order valence-corrected chi connectivity index (χ0v) is 11.5. The average molecular weight is 310 g/mol. The Morgan fingerprint density at radius 2 is 1.90 bits per heavy atom. The fourth-order valence-corrected chi connectivity index (χ4v) is 3.32. The minimum atomic E-state index is -3.89. The van der Waals surface area contributed by atoms with E-state index in [0.29, 0.717) is 0 Å². The molecular formula is C11H8ClN5O2S. The lowest BCUT2D eigenvalue weighted by atomic mass is 10.3. The fourth-order valence-electron chi connectivity index (χ4n) is 1.78. The van der Waals surface area contributed by atoms with Crippen molar-refractivity contribution >= 4 is 38.5 Å². The van der Waals surface area contributed by atoms with Crippen LogP contribution >= 0.6 is 11.6 Å². The molecule has 0 saturated heterocycles. The number of para-hydroxylation sites is 1. The summed E-state index contributed by atoms with van der Waals surface area (Å²) in [6.45, 7) is 0. The highest BCUT2D eigenvalue weighted by Crippen LogP contribution is 2.24. The highest BCUT2D eigenvalue weighted by Gasteiger charge is 2.23. The predicted molar refractivity (Wildman–Crippen MR) is 73.8 cm³/mol. The second-order valence-corrected chi connectivity index (χ2v) is 6.06. The van der Waals surface area contributed by atoms with E-state index in [-0.39, 0.29) is 26.9 Å². The molecule has 0 atom stereocenters. The first kappa shape index (κ1) is 12.8. The van der Waals surface area contributed by atoms with Crippen LogP contribution in [0.1, 0.15) is 0 Å². The van der Waals surface area contributed by atoms with Crippen molar-refractivity contribution in [1.29, 1.82) is 0 Å². The Bertz CT molecular complexity index is 906. The van der Waals surface area contributed by atoms with E-state index < -0.39 is 10.0 Å². The molecule has 0 radical (unpaired) electrons. The van der Waals surface area contributed by atoms with E-state index >= 15 is 0 Å². The molecule has 0 fully saturated rings. The molecule has 0 aliphatic rings. The van der Waals surface area contributed by atoms with Gasteiger partial charge in [0.1, 0.15) is 23.1 Å².